The SMILES string of the molecule is O=C1CSc2ccc(C(=O)NC3COc4ccccc4C3)cc2N1. The molecule has 2 aromatic rings. The molecule has 2 aliphatic heterocycles. The molecule has 2 amide bonds. The van der Waals surface area contributed by atoms with Crippen LogP contribution in [0.15, 0.2) is 47.4 Å². The summed E-state index contributed by atoms with van der Waals surface area (Å²) in [5, 5.41) is 5.82. The van der Waals surface area contributed by atoms with Gasteiger partial charge in [0.25, 0.3) is 5.91 Å². The van der Waals surface area contributed by atoms with Gasteiger partial charge in [0.15, 0.2) is 0 Å². The second kappa shape index (κ2) is 6.20. The van der Waals surface area contributed by atoms with E-state index in [1.165, 1.54) is 11.8 Å². The maximum atomic E-state index is 12.5. The Kier molecular flexibility index (Phi) is 3.90. The van der Waals surface area contributed by atoms with Gasteiger partial charge >= 0.3 is 0 Å². The number of hydrogen-bond acceptors (Lipinski definition) is 4. The molecular weight excluding hydrogens is 324 g/mol. The summed E-state index contributed by atoms with van der Waals surface area (Å²) in [4.78, 5) is 25.0. The van der Waals surface area contributed by atoms with Crippen molar-refractivity contribution in [2.75, 3.05) is 17.7 Å². The zero-order valence-electron chi connectivity index (χ0n) is 12.9. The number of para-hydroxylation sites is 1. The van der Waals surface area contributed by atoms with Gasteiger partial charge in [0, 0.05) is 10.5 Å². The number of carbonyl (C=O) groups excluding carboxylic acids is 2. The lowest BCUT2D eigenvalue weighted by molar-refractivity contribution is -0.113. The fourth-order valence-corrected chi connectivity index (χ4v) is 3.70. The highest BCUT2D eigenvalue weighted by Gasteiger charge is 2.23. The standard InChI is InChI=1S/C18H16N2O3S/c21-17-10-24-16-6-5-12(8-14(16)20-17)18(22)19-13-7-11-3-1-2-4-15(11)23-9-13/h1-6,8,13H,7,9-10H2,(H,19,22)(H,20,21). The summed E-state index contributed by atoms with van der Waals surface area (Å²) < 4.78 is 5.70. The number of carbonyl (C=O) groups is 2. The summed E-state index contributed by atoms with van der Waals surface area (Å²) in [7, 11) is 0. The van der Waals surface area contributed by atoms with Crippen molar-refractivity contribution in [1.82, 2.24) is 5.32 Å². The highest BCUT2D eigenvalue weighted by Crippen LogP contribution is 2.32. The van der Waals surface area contributed by atoms with E-state index in [0.717, 1.165) is 22.6 Å². The molecule has 0 radical (unpaired) electrons. The van der Waals surface area contributed by atoms with Crippen molar-refractivity contribution in [1.29, 1.82) is 0 Å². The van der Waals surface area contributed by atoms with Crippen molar-refractivity contribution in [3.8, 4) is 5.75 Å². The number of fused-ring (bicyclic) bond motifs is 2. The van der Waals surface area contributed by atoms with E-state index in [2.05, 4.69) is 10.6 Å². The Bertz CT molecular complexity index is 822. The zero-order chi connectivity index (χ0) is 16.5. The Morgan fingerprint density at radius 1 is 1.25 bits per heavy atom. The number of hydrogen-bond donors (Lipinski definition) is 2. The smallest absolute Gasteiger partial charge is 0.251 e. The predicted molar refractivity (Wildman–Crippen MR) is 92.7 cm³/mol. The summed E-state index contributed by atoms with van der Waals surface area (Å²) in [6, 6.07) is 13.2. The Balaban J connectivity index is 1.47. The third-order valence-electron chi connectivity index (χ3n) is 4.09. The van der Waals surface area contributed by atoms with E-state index < -0.39 is 0 Å². The lowest BCUT2D eigenvalue weighted by Crippen LogP contribution is -2.42. The van der Waals surface area contributed by atoms with E-state index in [1.54, 1.807) is 12.1 Å². The molecule has 0 fully saturated rings. The van der Waals surface area contributed by atoms with E-state index in [1.807, 2.05) is 30.3 Å². The van der Waals surface area contributed by atoms with Gasteiger partial charge in [0.1, 0.15) is 12.4 Å². The molecule has 0 aliphatic carbocycles. The summed E-state index contributed by atoms with van der Waals surface area (Å²) in [6.07, 6.45) is 0.749. The molecule has 0 saturated carbocycles. The minimum absolute atomic E-state index is 0.0395. The van der Waals surface area contributed by atoms with Crippen LogP contribution in [0.25, 0.3) is 0 Å². The lowest BCUT2D eigenvalue weighted by atomic mass is 10.0. The lowest BCUT2D eigenvalue weighted by Gasteiger charge is -2.26. The topological polar surface area (TPSA) is 67.4 Å². The molecule has 6 heteroatoms. The Morgan fingerprint density at radius 2 is 2.12 bits per heavy atom. The second-order valence-corrected chi connectivity index (χ2v) is 6.86. The number of nitrogens with one attached hydrogen (secondary N) is 2. The molecule has 0 saturated heterocycles. The first-order valence-electron chi connectivity index (χ1n) is 7.77. The van der Waals surface area contributed by atoms with Gasteiger partial charge < -0.3 is 15.4 Å². The number of amides is 2. The highest BCUT2D eigenvalue weighted by molar-refractivity contribution is 8.00. The summed E-state index contributed by atoms with van der Waals surface area (Å²) in [5.74, 6) is 1.10. The van der Waals surface area contributed by atoms with Crippen LogP contribution in [0.1, 0.15) is 15.9 Å². The summed E-state index contributed by atoms with van der Waals surface area (Å²) in [6.45, 7) is 0.459. The average Bonchev–Trinajstić information content (AvgIpc) is 2.61. The van der Waals surface area contributed by atoms with Crippen LogP contribution >= 0.6 is 11.8 Å². The van der Waals surface area contributed by atoms with Crippen LogP contribution in [-0.2, 0) is 11.2 Å². The molecule has 2 N–H and O–H groups in total. The van der Waals surface area contributed by atoms with Crippen molar-refractivity contribution >= 4 is 29.3 Å². The van der Waals surface area contributed by atoms with Gasteiger partial charge in [0.05, 0.1) is 17.5 Å². The molecule has 122 valence electrons. The van der Waals surface area contributed by atoms with E-state index in [4.69, 9.17) is 4.74 Å². The van der Waals surface area contributed by atoms with Crippen molar-refractivity contribution in [3.63, 3.8) is 0 Å². The molecular formula is C18H16N2O3S. The third-order valence-corrected chi connectivity index (χ3v) is 5.16. The fraction of sp³-hybridized carbons (Fsp3) is 0.222. The van der Waals surface area contributed by atoms with Gasteiger partial charge in [-0.1, -0.05) is 18.2 Å². The normalized spacial score (nSPS) is 18.7. The second-order valence-electron chi connectivity index (χ2n) is 5.84. The van der Waals surface area contributed by atoms with Crippen molar-refractivity contribution in [2.45, 2.75) is 17.4 Å². The molecule has 24 heavy (non-hydrogen) atoms. The van der Waals surface area contributed by atoms with Crippen LogP contribution in [-0.4, -0.2) is 30.2 Å². The monoisotopic (exact) mass is 340 g/mol. The number of rotatable bonds is 2. The third kappa shape index (κ3) is 2.97. The molecule has 0 spiro atoms. The molecule has 1 atom stereocenters. The molecule has 2 heterocycles. The quantitative estimate of drug-likeness (QED) is 0.881. The maximum Gasteiger partial charge on any atom is 0.251 e. The van der Waals surface area contributed by atoms with Crippen LogP contribution < -0.4 is 15.4 Å². The summed E-state index contributed by atoms with van der Waals surface area (Å²) in [5.41, 5.74) is 2.34. The molecule has 5 nitrogen and oxygen atoms in total. The Hall–Kier alpha value is -2.47. The van der Waals surface area contributed by atoms with E-state index >= 15 is 0 Å². The van der Waals surface area contributed by atoms with Gasteiger partial charge in [-0.2, -0.15) is 0 Å². The Labute approximate surface area is 143 Å². The molecule has 0 aromatic heterocycles. The highest BCUT2D eigenvalue weighted by atomic mass is 32.2. The largest absolute Gasteiger partial charge is 0.491 e. The van der Waals surface area contributed by atoms with Crippen molar-refractivity contribution in [3.05, 3.63) is 53.6 Å². The van der Waals surface area contributed by atoms with Gasteiger partial charge in [-0.05, 0) is 36.2 Å². The molecule has 0 bridgehead atoms. The van der Waals surface area contributed by atoms with Crippen LogP contribution in [0.3, 0.4) is 0 Å². The molecule has 2 aliphatic rings. The number of thioether (sulfide) groups is 1. The molecule has 4 rings (SSSR count). The van der Waals surface area contributed by atoms with Crippen molar-refractivity contribution in [2.24, 2.45) is 0 Å². The summed E-state index contributed by atoms with van der Waals surface area (Å²) >= 11 is 1.48. The van der Waals surface area contributed by atoms with E-state index in [-0.39, 0.29) is 17.9 Å². The number of ether oxygens (including phenoxy) is 1. The van der Waals surface area contributed by atoms with Crippen molar-refractivity contribution < 1.29 is 14.3 Å². The van der Waals surface area contributed by atoms with Crippen LogP contribution in [0.5, 0.6) is 5.75 Å². The number of benzene rings is 2. The number of anilines is 1. The minimum atomic E-state index is -0.157. The van der Waals surface area contributed by atoms with E-state index in [9.17, 15) is 9.59 Å². The molecule has 2 aromatic carbocycles. The average molecular weight is 340 g/mol. The Morgan fingerprint density at radius 3 is 3.04 bits per heavy atom. The van der Waals surface area contributed by atoms with Crippen LogP contribution in [0.4, 0.5) is 5.69 Å². The van der Waals surface area contributed by atoms with Crippen LogP contribution in [0.2, 0.25) is 0 Å². The van der Waals surface area contributed by atoms with Gasteiger partial charge in [-0.3, -0.25) is 9.59 Å². The fourth-order valence-electron chi connectivity index (χ4n) is 2.91. The predicted octanol–water partition coefficient (Wildman–Crippen LogP) is 2.46. The maximum absolute atomic E-state index is 12.5. The van der Waals surface area contributed by atoms with E-state index in [0.29, 0.717) is 23.6 Å². The minimum Gasteiger partial charge on any atom is -0.491 e. The first kappa shape index (κ1) is 15.1. The van der Waals surface area contributed by atoms with Gasteiger partial charge in [-0.15, -0.1) is 11.8 Å². The van der Waals surface area contributed by atoms with Crippen LogP contribution in [0, 0.1) is 0 Å². The molecule has 1 unspecified atom stereocenters. The van der Waals surface area contributed by atoms with Gasteiger partial charge in [-0.25, -0.2) is 0 Å². The first-order valence-corrected chi connectivity index (χ1v) is 8.76. The van der Waals surface area contributed by atoms with Gasteiger partial charge in [0.2, 0.25) is 5.91 Å². The zero-order valence-corrected chi connectivity index (χ0v) is 13.7. The first-order chi connectivity index (χ1) is 11.7.